The molecule has 4 heteroatoms. The Hall–Kier alpha value is -1.91. The van der Waals surface area contributed by atoms with Crippen LogP contribution in [0.15, 0.2) is 48.6 Å². The molecule has 1 saturated heterocycles. The van der Waals surface area contributed by atoms with Crippen molar-refractivity contribution < 1.29 is 19.3 Å². The van der Waals surface area contributed by atoms with E-state index in [4.69, 9.17) is 14.5 Å². The van der Waals surface area contributed by atoms with Gasteiger partial charge in [-0.15, -0.1) is 0 Å². The van der Waals surface area contributed by atoms with E-state index in [1.165, 1.54) is 31.9 Å². The first kappa shape index (κ1) is 25.4. The second-order valence-electron chi connectivity index (χ2n) is 9.45. The molecule has 0 amide bonds. The molecule has 0 spiro atoms. The zero-order chi connectivity index (χ0) is 22.6. The number of hydrogen-bond acceptors (Lipinski definition) is 4. The summed E-state index contributed by atoms with van der Waals surface area (Å²) < 4.78 is 4.77. The van der Waals surface area contributed by atoms with Crippen LogP contribution in [-0.4, -0.2) is 24.3 Å². The minimum Gasteiger partial charge on any atom is -0.469 e. The van der Waals surface area contributed by atoms with Crippen molar-refractivity contribution in [2.24, 2.45) is 5.92 Å². The molecule has 0 bridgehead atoms. The van der Waals surface area contributed by atoms with Crippen molar-refractivity contribution in [3.05, 3.63) is 54.1 Å². The van der Waals surface area contributed by atoms with E-state index in [0.717, 1.165) is 25.7 Å². The number of carbonyl (C=O) groups excluding carboxylic acids is 1. The van der Waals surface area contributed by atoms with Gasteiger partial charge in [0.05, 0.1) is 13.5 Å². The Balaban J connectivity index is 1.55. The Morgan fingerprint density at radius 2 is 1.71 bits per heavy atom. The fraction of sp³-hybridized carbons (Fsp3) is 0.593. The van der Waals surface area contributed by atoms with Gasteiger partial charge in [0.15, 0.2) is 0 Å². The van der Waals surface area contributed by atoms with Crippen LogP contribution in [0.3, 0.4) is 0 Å². The highest BCUT2D eigenvalue weighted by molar-refractivity contribution is 5.70. The molecule has 0 saturated carbocycles. The summed E-state index contributed by atoms with van der Waals surface area (Å²) in [5, 5.41) is 0. The summed E-state index contributed by atoms with van der Waals surface area (Å²) in [4.78, 5) is 22.8. The Kier molecular flexibility index (Phi) is 10.5. The smallest absolute Gasteiger partial charge is 0.308 e. The van der Waals surface area contributed by atoms with Gasteiger partial charge in [-0.1, -0.05) is 74.4 Å². The van der Waals surface area contributed by atoms with Crippen molar-refractivity contribution in [1.29, 1.82) is 0 Å². The number of benzene rings is 1. The SMILES string of the molecule is COC(=O)C[C@]1(C)C[C@@](C)(CC(C)CCCC/C=C/CC/C=C\c2ccccc2)OO1. The number of esters is 1. The zero-order valence-corrected chi connectivity index (χ0v) is 19.8. The van der Waals surface area contributed by atoms with Crippen molar-refractivity contribution in [2.45, 2.75) is 89.8 Å². The molecule has 3 atom stereocenters. The lowest BCUT2D eigenvalue weighted by atomic mass is 9.81. The normalized spacial score (nSPS) is 24.8. The second kappa shape index (κ2) is 12.8. The standard InChI is InChI=1S/C27H40O4/c1-23(20-26(2)22-27(3,31-30-26)21-25(28)29-4)16-12-9-7-5-6-8-10-13-17-24-18-14-11-15-19-24/h5-6,11,13-15,17-19,23H,7-10,12,16,20-22H2,1-4H3/b6-5+,17-13-/t23?,26-,27-/m1/s1. The van der Waals surface area contributed by atoms with Crippen LogP contribution in [0.25, 0.3) is 6.08 Å². The van der Waals surface area contributed by atoms with Crippen molar-refractivity contribution >= 4 is 12.0 Å². The van der Waals surface area contributed by atoms with Gasteiger partial charge in [-0.3, -0.25) is 4.79 Å². The van der Waals surface area contributed by atoms with Crippen LogP contribution in [0.2, 0.25) is 0 Å². The average Bonchev–Trinajstić information content (AvgIpc) is 3.03. The Morgan fingerprint density at radius 3 is 2.45 bits per heavy atom. The van der Waals surface area contributed by atoms with Crippen LogP contribution in [0.4, 0.5) is 0 Å². The first-order valence-corrected chi connectivity index (χ1v) is 11.6. The first-order valence-electron chi connectivity index (χ1n) is 11.6. The van der Waals surface area contributed by atoms with E-state index < -0.39 is 5.60 Å². The number of hydrogen-bond donors (Lipinski definition) is 0. The van der Waals surface area contributed by atoms with E-state index in [0.29, 0.717) is 12.3 Å². The zero-order valence-electron chi connectivity index (χ0n) is 19.8. The monoisotopic (exact) mass is 428 g/mol. The van der Waals surface area contributed by atoms with Gasteiger partial charge in [0.2, 0.25) is 0 Å². The van der Waals surface area contributed by atoms with Crippen LogP contribution in [0.1, 0.15) is 84.1 Å². The Labute approximate surface area is 188 Å². The Bertz CT molecular complexity index is 711. The third kappa shape index (κ3) is 9.84. The molecule has 0 N–H and O–H groups in total. The molecule has 0 radical (unpaired) electrons. The minimum absolute atomic E-state index is 0.224. The molecule has 2 rings (SSSR count). The summed E-state index contributed by atoms with van der Waals surface area (Å²) in [6, 6.07) is 10.4. The summed E-state index contributed by atoms with van der Waals surface area (Å²) in [6.45, 7) is 6.28. The topological polar surface area (TPSA) is 44.8 Å². The van der Waals surface area contributed by atoms with Crippen LogP contribution in [0.5, 0.6) is 0 Å². The number of unbranched alkanes of at least 4 members (excludes halogenated alkanes) is 3. The molecule has 4 nitrogen and oxygen atoms in total. The molecule has 0 aliphatic carbocycles. The first-order chi connectivity index (χ1) is 14.8. The molecule has 0 aromatic heterocycles. The fourth-order valence-electron chi connectivity index (χ4n) is 4.43. The maximum atomic E-state index is 11.6. The summed E-state index contributed by atoms with van der Waals surface area (Å²) >= 11 is 0. The molecule has 1 aliphatic rings. The van der Waals surface area contributed by atoms with Gasteiger partial charge in [-0.25, -0.2) is 9.78 Å². The second-order valence-corrected chi connectivity index (χ2v) is 9.45. The van der Waals surface area contributed by atoms with Crippen molar-refractivity contribution in [3.63, 3.8) is 0 Å². The molecule has 1 aromatic carbocycles. The molecular formula is C27H40O4. The lowest BCUT2D eigenvalue weighted by Gasteiger charge is -2.25. The maximum absolute atomic E-state index is 11.6. The summed E-state index contributed by atoms with van der Waals surface area (Å²) in [5.41, 5.74) is 0.329. The number of rotatable bonds is 13. The molecule has 1 fully saturated rings. The van der Waals surface area contributed by atoms with Crippen LogP contribution in [0, 0.1) is 5.92 Å². The van der Waals surface area contributed by atoms with Gasteiger partial charge in [-0.05, 0) is 57.4 Å². The van der Waals surface area contributed by atoms with Gasteiger partial charge in [0.25, 0.3) is 0 Å². The van der Waals surface area contributed by atoms with Gasteiger partial charge in [-0.2, -0.15) is 0 Å². The third-order valence-corrected chi connectivity index (χ3v) is 5.81. The number of allylic oxidation sites excluding steroid dienone is 3. The van der Waals surface area contributed by atoms with E-state index >= 15 is 0 Å². The largest absolute Gasteiger partial charge is 0.469 e. The van der Waals surface area contributed by atoms with Gasteiger partial charge in [0, 0.05) is 6.42 Å². The molecule has 172 valence electrons. The maximum Gasteiger partial charge on any atom is 0.308 e. The number of methoxy groups -OCH3 is 1. The van der Waals surface area contributed by atoms with Crippen molar-refractivity contribution in [3.8, 4) is 0 Å². The van der Waals surface area contributed by atoms with Crippen LogP contribution < -0.4 is 0 Å². The lowest BCUT2D eigenvalue weighted by molar-refractivity contribution is -0.346. The lowest BCUT2D eigenvalue weighted by Crippen LogP contribution is -2.32. The van der Waals surface area contributed by atoms with Gasteiger partial charge < -0.3 is 4.74 Å². The molecule has 1 aliphatic heterocycles. The highest BCUT2D eigenvalue weighted by Crippen LogP contribution is 2.42. The predicted octanol–water partition coefficient (Wildman–Crippen LogP) is 7.06. The van der Waals surface area contributed by atoms with E-state index in [1.807, 2.05) is 13.0 Å². The van der Waals surface area contributed by atoms with Gasteiger partial charge in [0.1, 0.15) is 11.2 Å². The molecule has 31 heavy (non-hydrogen) atoms. The van der Waals surface area contributed by atoms with Crippen LogP contribution in [-0.2, 0) is 19.3 Å². The summed E-state index contributed by atoms with van der Waals surface area (Å²) in [6.07, 6.45) is 17.8. The summed E-state index contributed by atoms with van der Waals surface area (Å²) in [7, 11) is 1.40. The highest BCUT2D eigenvalue weighted by atomic mass is 17.2. The van der Waals surface area contributed by atoms with E-state index in [-0.39, 0.29) is 18.0 Å². The third-order valence-electron chi connectivity index (χ3n) is 5.81. The molecular weight excluding hydrogens is 388 g/mol. The fourth-order valence-corrected chi connectivity index (χ4v) is 4.43. The van der Waals surface area contributed by atoms with E-state index in [2.05, 4.69) is 62.4 Å². The molecule has 1 heterocycles. The predicted molar refractivity (Wildman–Crippen MR) is 126 cm³/mol. The average molecular weight is 429 g/mol. The quantitative estimate of drug-likeness (QED) is 0.146. The van der Waals surface area contributed by atoms with E-state index in [9.17, 15) is 4.79 Å². The molecule has 1 aromatic rings. The van der Waals surface area contributed by atoms with Gasteiger partial charge >= 0.3 is 5.97 Å². The minimum atomic E-state index is -0.595. The van der Waals surface area contributed by atoms with Crippen molar-refractivity contribution in [2.75, 3.05) is 7.11 Å². The highest BCUT2D eigenvalue weighted by Gasteiger charge is 2.48. The van der Waals surface area contributed by atoms with Crippen LogP contribution >= 0.6 is 0 Å². The summed E-state index contributed by atoms with van der Waals surface area (Å²) in [5.74, 6) is 0.296. The number of ether oxygens (including phenoxy) is 1. The Morgan fingerprint density at radius 1 is 1.03 bits per heavy atom. The van der Waals surface area contributed by atoms with E-state index in [1.54, 1.807) is 0 Å². The number of carbonyl (C=O) groups is 1. The molecule has 1 unspecified atom stereocenters. The van der Waals surface area contributed by atoms with Crippen molar-refractivity contribution in [1.82, 2.24) is 0 Å².